The van der Waals surface area contributed by atoms with Gasteiger partial charge in [0, 0.05) is 12.5 Å². The summed E-state index contributed by atoms with van der Waals surface area (Å²) in [4.78, 5) is 22.1. The number of rotatable bonds is 6. The number of methoxy groups -OCH3 is 1. The van der Waals surface area contributed by atoms with Gasteiger partial charge in [0.05, 0.1) is 13.5 Å². The molecule has 1 rings (SSSR count). The molecule has 92 valence electrons. The monoisotopic (exact) mass is 236 g/mol. The standard InChI is InChI=1S/C13H16O4/c1-9(14)7-11(15)5-3-10-4-6-12(17-2)8-13(10)16/h4,6,8,16H,3,5,7H2,1-2H3. The molecule has 1 aromatic carbocycles. The van der Waals surface area contributed by atoms with Crippen LogP contribution >= 0.6 is 0 Å². The first-order chi connectivity index (χ1) is 8.02. The van der Waals surface area contributed by atoms with Crippen LogP contribution in [0.2, 0.25) is 0 Å². The van der Waals surface area contributed by atoms with Gasteiger partial charge in [0.2, 0.25) is 0 Å². The number of hydrogen-bond donors (Lipinski definition) is 1. The van der Waals surface area contributed by atoms with Gasteiger partial charge in [-0.1, -0.05) is 6.07 Å². The number of benzene rings is 1. The van der Waals surface area contributed by atoms with Crippen LogP contribution in [-0.4, -0.2) is 23.8 Å². The van der Waals surface area contributed by atoms with E-state index in [0.717, 1.165) is 0 Å². The Morgan fingerprint density at radius 2 is 2.06 bits per heavy atom. The van der Waals surface area contributed by atoms with Crippen LogP contribution in [0.1, 0.15) is 25.3 Å². The van der Waals surface area contributed by atoms with Crippen LogP contribution in [0.5, 0.6) is 11.5 Å². The lowest BCUT2D eigenvalue weighted by atomic mass is 10.0. The van der Waals surface area contributed by atoms with Gasteiger partial charge in [-0.3, -0.25) is 9.59 Å². The quantitative estimate of drug-likeness (QED) is 0.766. The summed E-state index contributed by atoms with van der Waals surface area (Å²) >= 11 is 0. The van der Waals surface area contributed by atoms with Gasteiger partial charge < -0.3 is 9.84 Å². The number of carbonyl (C=O) groups is 2. The SMILES string of the molecule is COc1ccc(CCC(=O)CC(C)=O)c(O)c1. The van der Waals surface area contributed by atoms with E-state index in [-0.39, 0.29) is 30.2 Å². The highest BCUT2D eigenvalue weighted by atomic mass is 16.5. The molecule has 0 bridgehead atoms. The molecule has 17 heavy (non-hydrogen) atoms. The van der Waals surface area contributed by atoms with Crippen LogP contribution in [0, 0.1) is 0 Å². The molecule has 0 heterocycles. The van der Waals surface area contributed by atoms with Crippen molar-refractivity contribution in [3.8, 4) is 11.5 Å². The second-order valence-corrected chi connectivity index (χ2v) is 3.91. The van der Waals surface area contributed by atoms with Gasteiger partial charge >= 0.3 is 0 Å². The smallest absolute Gasteiger partial charge is 0.140 e. The lowest BCUT2D eigenvalue weighted by molar-refractivity contribution is -0.125. The maximum atomic E-state index is 11.3. The van der Waals surface area contributed by atoms with Crippen LogP contribution in [0.25, 0.3) is 0 Å². The minimum absolute atomic E-state index is 0.0308. The van der Waals surface area contributed by atoms with Crippen molar-refractivity contribution < 1.29 is 19.4 Å². The summed E-state index contributed by atoms with van der Waals surface area (Å²) in [5, 5.41) is 9.66. The first kappa shape index (κ1) is 13.2. The number of Topliss-reactive ketones (excluding diaryl/α,β-unsaturated/α-hetero) is 2. The third kappa shape index (κ3) is 4.26. The molecule has 0 aliphatic carbocycles. The Morgan fingerprint density at radius 3 is 2.59 bits per heavy atom. The lowest BCUT2D eigenvalue weighted by Gasteiger charge is -2.06. The van der Waals surface area contributed by atoms with Gasteiger partial charge in [-0.2, -0.15) is 0 Å². The highest BCUT2D eigenvalue weighted by molar-refractivity contribution is 5.97. The second kappa shape index (κ2) is 6.03. The van der Waals surface area contributed by atoms with E-state index >= 15 is 0 Å². The van der Waals surface area contributed by atoms with Crippen molar-refractivity contribution in [3.05, 3.63) is 23.8 Å². The van der Waals surface area contributed by atoms with Crippen LogP contribution in [0.4, 0.5) is 0 Å². The highest BCUT2D eigenvalue weighted by Crippen LogP contribution is 2.24. The Labute approximate surface area is 100 Å². The predicted octanol–water partition coefficient (Wildman–Crippen LogP) is 1.88. The number of hydrogen-bond acceptors (Lipinski definition) is 4. The molecule has 0 aliphatic rings. The van der Waals surface area contributed by atoms with Gasteiger partial charge in [-0.05, 0) is 25.0 Å². The molecule has 0 saturated heterocycles. The zero-order valence-electron chi connectivity index (χ0n) is 10.0. The fourth-order valence-corrected chi connectivity index (χ4v) is 1.52. The molecule has 1 N–H and O–H groups in total. The van der Waals surface area contributed by atoms with Crippen LogP contribution < -0.4 is 4.74 Å². The number of aryl methyl sites for hydroxylation is 1. The summed E-state index contributed by atoms with van der Waals surface area (Å²) in [6.07, 6.45) is 0.665. The minimum atomic E-state index is -0.131. The zero-order valence-corrected chi connectivity index (χ0v) is 10.0. The van der Waals surface area contributed by atoms with Crippen LogP contribution in [-0.2, 0) is 16.0 Å². The number of phenolic OH excluding ortho intramolecular Hbond substituents is 1. The molecule has 0 spiro atoms. The Morgan fingerprint density at radius 1 is 1.35 bits per heavy atom. The van der Waals surface area contributed by atoms with E-state index in [1.165, 1.54) is 20.1 Å². The van der Waals surface area contributed by atoms with Gasteiger partial charge in [-0.15, -0.1) is 0 Å². The molecular formula is C13H16O4. The molecule has 0 atom stereocenters. The number of phenols is 1. The minimum Gasteiger partial charge on any atom is -0.508 e. The van der Waals surface area contributed by atoms with Crippen LogP contribution in [0.15, 0.2) is 18.2 Å². The summed E-state index contributed by atoms with van der Waals surface area (Å²) < 4.78 is 4.96. The fourth-order valence-electron chi connectivity index (χ4n) is 1.52. The first-order valence-electron chi connectivity index (χ1n) is 5.40. The van der Waals surface area contributed by atoms with E-state index in [9.17, 15) is 14.7 Å². The van der Waals surface area contributed by atoms with Gasteiger partial charge in [0.25, 0.3) is 0 Å². The summed E-state index contributed by atoms with van der Waals surface area (Å²) in [5.41, 5.74) is 0.683. The van der Waals surface area contributed by atoms with E-state index in [1.54, 1.807) is 12.1 Å². The maximum Gasteiger partial charge on any atom is 0.140 e. The molecule has 0 radical (unpaired) electrons. The summed E-state index contributed by atoms with van der Waals surface area (Å²) in [6.45, 7) is 1.39. The predicted molar refractivity (Wildman–Crippen MR) is 63.3 cm³/mol. The van der Waals surface area contributed by atoms with Crippen molar-refractivity contribution in [2.45, 2.75) is 26.2 Å². The van der Waals surface area contributed by atoms with E-state index < -0.39 is 0 Å². The average Bonchev–Trinajstić information content (AvgIpc) is 2.26. The van der Waals surface area contributed by atoms with E-state index in [0.29, 0.717) is 17.7 Å². The fraction of sp³-hybridized carbons (Fsp3) is 0.385. The molecule has 0 fully saturated rings. The van der Waals surface area contributed by atoms with E-state index in [4.69, 9.17) is 4.74 Å². The van der Waals surface area contributed by atoms with Crippen molar-refractivity contribution in [2.24, 2.45) is 0 Å². The van der Waals surface area contributed by atoms with Crippen molar-refractivity contribution in [1.82, 2.24) is 0 Å². The molecule has 0 aliphatic heterocycles. The summed E-state index contributed by atoms with van der Waals surface area (Å²) in [7, 11) is 1.52. The van der Waals surface area contributed by atoms with Gasteiger partial charge in [0.1, 0.15) is 23.1 Å². The number of carbonyl (C=O) groups excluding carboxylic acids is 2. The summed E-state index contributed by atoms with van der Waals surface area (Å²) in [6, 6.07) is 4.95. The molecule has 0 aromatic heterocycles. The van der Waals surface area contributed by atoms with E-state index in [2.05, 4.69) is 0 Å². The number of ether oxygens (including phenoxy) is 1. The first-order valence-corrected chi connectivity index (χ1v) is 5.40. The van der Waals surface area contributed by atoms with Crippen LogP contribution in [0.3, 0.4) is 0 Å². The molecule has 4 nitrogen and oxygen atoms in total. The Bertz CT molecular complexity index is 423. The normalized spacial score (nSPS) is 10.0. The maximum absolute atomic E-state index is 11.3. The van der Waals surface area contributed by atoms with E-state index in [1.807, 2.05) is 0 Å². The second-order valence-electron chi connectivity index (χ2n) is 3.91. The lowest BCUT2D eigenvalue weighted by Crippen LogP contribution is -2.05. The van der Waals surface area contributed by atoms with Gasteiger partial charge in [-0.25, -0.2) is 0 Å². The Kier molecular flexibility index (Phi) is 4.69. The van der Waals surface area contributed by atoms with Crippen molar-refractivity contribution in [3.63, 3.8) is 0 Å². The highest BCUT2D eigenvalue weighted by Gasteiger charge is 2.08. The third-order valence-corrected chi connectivity index (χ3v) is 2.41. The zero-order chi connectivity index (χ0) is 12.8. The molecular weight excluding hydrogens is 220 g/mol. The van der Waals surface area contributed by atoms with Crippen molar-refractivity contribution >= 4 is 11.6 Å². The average molecular weight is 236 g/mol. The third-order valence-electron chi connectivity index (χ3n) is 2.41. The largest absolute Gasteiger partial charge is 0.508 e. The summed E-state index contributed by atoms with van der Waals surface area (Å²) in [5.74, 6) is 0.447. The molecule has 1 aromatic rings. The van der Waals surface area contributed by atoms with Crippen molar-refractivity contribution in [2.75, 3.05) is 7.11 Å². The topological polar surface area (TPSA) is 63.6 Å². The Balaban J connectivity index is 2.57. The molecule has 0 saturated carbocycles. The van der Waals surface area contributed by atoms with Crippen molar-refractivity contribution in [1.29, 1.82) is 0 Å². The molecule has 0 unspecified atom stereocenters. The number of ketones is 2. The molecule has 4 heteroatoms. The number of aromatic hydroxyl groups is 1. The molecule has 0 amide bonds. The van der Waals surface area contributed by atoms with Gasteiger partial charge in [0.15, 0.2) is 0 Å². The Hall–Kier alpha value is -1.84.